The van der Waals surface area contributed by atoms with Gasteiger partial charge >= 0.3 is 0 Å². The first kappa shape index (κ1) is 19.8. The summed E-state index contributed by atoms with van der Waals surface area (Å²) in [5.74, 6) is 6.03. The Bertz CT molecular complexity index is 745. The van der Waals surface area contributed by atoms with Crippen LogP contribution in [0, 0.1) is 11.8 Å². The van der Waals surface area contributed by atoms with Crippen molar-refractivity contribution in [2.75, 3.05) is 32.6 Å². The number of amides is 1. The number of morpholine rings is 1. The molecule has 0 aromatic heterocycles. The van der Waals surface area contributed by atoms with Crippen molar-refractivity contribution in [3.8, 4) is 17.6 Å². The topological polar surface area (TPSA) is 76.8 Å². The maximum Gasteiger partial charge on any atom is 0.255 e. The maximum absolute atomic E-state index is 12.9. The van der Waals surface area contributed by atoms with Crippen molar-refractivity contribution in [1.82, 2.24) is 10.2 Å². The summed E-state index contributed by atoms with van der Waals surface area (Å²) in [6.45, 7) is 3.58. The molecule has 3 rings (SSSR count). The van der Waals surface area contributed by atoms with Gasteiger partial charge in [0.2, 0.25) is 0 Å². The van der Waals surface area contributed by atoms with E-state index in [0.717, 1.165) is 19.3 Å². The minimum atomic E-state index is -0.205. The van der Waals surface area contributed by atoms with E-state index >= 15 is 0 Å². The van der Waals surface area contributed by atoms with Crippen LogP contribution in [-0.2, 0) is 4.74 Å². The van der Waals surface area contributed by atoms with Crippen molar-refractivity contribution < 1.29 is 14.3 Å². The number of carbonyl (C=O) groups excluding carboxylic acids is 1. The Morgan fingerprint density at radius 2 is 2.07 bits per heavy atom. The predicted molar refractivity (Wildman–Crippen MR) is 106 cm³/mol. The molecule has 0 aliphatic carbocycles. The van der Waals surface area contributed by atoms with Crippen LogP contribution in [0.4, 0.5) is 5.69 Å². The van der Waals surface area contributed by atoms with E-state index in [1.54, 1.807) is 12.1 Å². The standard InChI is InChI=1S/C20H26ClN3O3/c1-3-4-5-6-27-19-10-18(22)17(21)9-16(19)20(25)23-13-7-14-11-26-12-15(8-13)24(14)2/h9-10,13-15H,3,6-8,11-12,22H2,1-2H3,(H,23,25). The molecule has 2 unspecified atom stereocenters. The average molecular weight is 392 g/mol. The Morgan fingerprint density at radius 1 is 1.37 bits per heavy atom. The molecule has 2 heterocycles. The number of hydrogen-bond acceptors (Lipinski definition) is 5. The predicted octanol–water partition coefficient (Wildman–Crippen LogP) is 2.31. The van der Waals surface area contributed by atoms with Crippen LogP contribution >= 0.6 is 11.6 Å². The number of likely N-dealkylation sites (N-methyl/N-ethyl adjacent to an activating group) is 1. The van der Waals surface area contributed by atoms with Crippen molar-refractivity contribution in [3.05, 3.63) is 22.7 Å². The van der Waals surface area contributed by atoms with E-state index in [9.17, 15) is 4.79 Å². The highest BCUT2D eigenvalue weighted by Gasteiger charge is 2.37. The molecule has 6 nitrogen and oxygen atoms in total. The molecule has 146 valence electrons. The van der Waals surface area contributed by atoms with Gasteiger partial charge in [-0.2, -0.15) is 0 Å². The van der Waals surface area contributed by atoms with Gasteiger partial charge in [0.05, 0.1) is 29.5 Å². The van der Waals surface area contributed by atoms with E-state index < -0.39 is 0 Å². The fraction of sp³-hybridized carbons (Fsp3) is 0.550. The fourth-order valence-corrected chi connectivity index (χ4v) is 3.80. The third kappa shape index (κ3) is 4.67. The second-order valence-electron chi connectivity index (χ2n) is 7.02. The van der Waals surface area contributed by atoms with E-state index in [2.05, 4.69) is 29.1 Å². The van der Waals surface area contributed by atoms with Gasteiger partial charge in [-0.05, 0) is 26.0 Å². The second-order valence-corrected chi connectivity index (χ2v) is 7.43. The quantitative estimate of drug-likeness (QED) is 0.608. The zero-order valence-corrected chi connectivity index (χ0v) is 16.5. The highest BCUT2D eigenvalue weighted by Crippen LogP contribution is 2.30. The molecule has 7 heteroatoms. The fourth-order valence-electron chi connectivity index (χ4n) is 3.63. The Morgan fingerprint density at radius 3 is 2.74 bits per heavy atom. The third-order valence-corrected chi connectivity index (χ3v) is 5.49. The number of hydrogen-bond donors (Lipinski definition) is 2. The summed E-state index contributed by atoms with van der Waals surface area (Å²) in [6.07, 6.45) is 2.47. The number of nitrogen functional groups attached to an aromatic ring is 1. The summed E-state index contributed by atoms with van der Waals surface area (Å²) in [7, 11) is 2.12. The summed E-state index contributed by atoms with van der Waals surface area (Å²) < 4.78 is 11.3. The van der Waals surface area contributed by atoms with Crippen LogP contribution in [0.3, 0.4) is 0 Å². The Kier molecular flexibility index (Phi) is 6.48. The van der Waals surface area contributed by atoms with E-state index in [4.69, 9.17) is 26.8 Å². The summed E-state index contributed by atoms with van der Waals surface area (Å²) in [4.78, 5) is 15.3. The van der Waals surface area contributed by atoms with Crippen molar-refractivity contribution in [2.24, 2.45) is 0 Å². The molecule has 0 saturated carbocycles. The number of anilines is 1. The molecule has 2 atom stereocenters. The Balaban J connectivity index is 1.72. The lowest BCUT2D eigenvalue weighted by atomic mass is 9.90. The zero-order chi connectivity index (χ0) is 19.4. The maximum atomic E-state index is 12.9. The molecule has 1 aromatic rings. The molecule has 2 saturated heterocycles. The van der Waals surface area contributed by atoms with E-state index in [0.29, 0.717) is 47.3 Å². The number of nitrogens with two attached hydrogens (primary N) is 1. The van der Waals surface area contributed by atoms with Gasteiger partial charge < -0.3 is 20.5 Å². The van der Waals surface area contributed by atoms with Gasteiger partial charge in [0.25, 0.3) is 5.91 Å². The summed E-state index contributed by atoms with van der Waals surface area (Å²) in [5.41, 5.74) is 6.64. The Hall–Kier alpha value is -1.94. The second kappa shape index (κ2) is 8.83. The van der Waals surface area contributed by atoms with Crippen LogP contribution in [0.15, 0.2) is 12.1 Å². The highest BCUT2D eigenvalue weighted by molar-refractivity contribution is 6.33. The lowest BCUT2D eigenvalue weighted by Gasteiger charge is -2.46. The SMILES string of the molecule is CCC#CCOc1cc(N)c(Cl)cc1C(=O)NC1CC2COCC(C1)N2C. The molecule has 27 heavy (non-hydrogen) atoms. The molecule has 0 spiro atoms. The van der Waals surface area contributed by atoms with Gasteiger partial charge in [-0.3, -0.25) is 9.69 Å². The first-order valence-corrected chi connectivity index (χ1v) is 9.65. The number of rotatable bonds is 4. The third-order valence-electron chi connectivity index (χ3n) is 5.17. The van der Waals surface area contributed by atoms with Gasteiger partial charge in [-0.1, -0.05) is 24.4 Å². The number of ether oxygens (including phenoxy) is 2. The van der Waals surface area contributed by atoms with Crippen molar-refractivity contribution in [3.63, 3.8) is 0 Å². The van der Waals surface area contributed by atoms with Gasteiger partial charge in [-0.15, -0.1) is 5.92 Å². The van der Waals surface area contributed by atoms with E-state index in [1.165, 1.54) is 0 Å². The smallest absolute Gasteiger partial charge is 0.255 e. The van der Waals surface area contributed by atoms with Crippen molar-refractivity contribution in [1.29, 1.82) is 0 Å². The number of carbonyl (C=O) groups is 1. The summed E-state index contributed by atoms with van der Waals surface area (Å²) in [6, 6.07) is 3.91. The Labute approximate surface area is 165 Å². The molecule has 3 N–H and O–H groups in total. The van der Waals surface area contributed by atoms with Crippen molar-refractivity contribution in [2.45, 2.75) is 44.3 Å². The van der Waals surface area contributed by atoms with Crippen LogP contribution < -0.4 is 15.8 Å². The van der Waals surface area contributed by atoms with Gasteiger partial charge in [0.15, 0.2) is 0 Å². The number of benzene rings is 1. The first-order valence-electron chi connectivity index (χ1n) is 9.27. The number of nitrogens with zero attached hydrogens (tertiary/aromatic N) is 1. The summed E-state index contributed by atoms with van der Waals surface area (Å²) in [5, 5.41) is 3.47. The first-order chi connectivity index (χ1) is 13.0. The lowest BCUT2D eigenvalue weighted by Crippen LogP contribution is -2.59. The molecule has 1 aromatic carbocycles. The van der Waals surface area contributed by atoms with Crippen LogP contribution in [0.2, 0.25) is 5.02 Å². The zero-order valence-electron chi connectivity index (χ0n) is 15.8. The van der Waals surface area contributed by atoms with Crippen LogP contribution in [0.1, 0.15) is 36.5 Å². The van der Waals surface area contributed by atoms with E-state index in [1.807, 2.05) is 6.92 Å². The average Bonchev–Trinajstić information content (AvgIpc) is 2.62. The molecular weight excluding hydrogens is 366 g/mol. The van der Waals surface area contributed by atoms with Crippen molar-refractivity contribution >= 4 is 23.2 Å². The molecular formula is C20H26ClN3O3. The highest BCUT2D eigenvalue weighted by atomic mass is 35.5. The number of halogens is 1. The van der Waals surface area contributed by atoms with Crippen LogP contribution in [0.25, 0.3) is 0 Å². The molecule has 0 radical (unpaired) electrons. The molecule has 1 amide bonds. The van der Waals surface area contributed by atoms with Gasteiger partial charge in [-0.25, -0.2) is 0 Å². The monoisotopic (exact) mass is 391 g/mol. The number of nitrogens with one attached hydrogen (secondary N) is 1. The molecule has 2 aliphatic heterocycles. The van der Waals surface area contributed by atoms with Crippen LogP contribution in [0.5, 0.6) is 5.75 Å². The number of fused-ring (bicyclic) bond motifs is 2. The van der Waals surface area contributed by atoms with Gasteiger partial charge in [0, 0.05) is 30.6 Å². The van der Waals surface area contributed by atoms with E-state index in [-0.39, 0.29) is 18.6 Å². The largest absolute Gasteiger partial charge is 0.480 e. The number of piperidine rings is 1. The summed E-state index contributed by atoms with van der Waals surface area (Å²) >= 11 is 6.14. The molecule has 2 fully saturated rings. The normalized spacial score (nSPS) is 24.6. The van der Waals surface area contributed by atoms with Gasteiger partial charge in [0.1, 0.15) is 12.4 Å². The van der Waals surface area contributed by atoms with Crippen LogP contribution in [-0.4, -0.2) is 55.8 Å². The molecule has 2 aliphatic rings. The molecule has 2 bridgehead atoms. The minimum absolute atomic E-state index is 0.0941. The minimum Gasteiger partial charge on any atom is -0.480 e. The lowest BCUT2D eigenvalue weighted by molar-refractivity contribution is -0.0670.